The summed E-state index contributed by atoms with van der Waals surface area (Å²) in [6.07, 6.45) is 5.27. The van der Waals surface area contributed by atoms with Crippen molar-refractivity contribution in [3.05, 3.63) is 29.8 Å². The van der Waals surface area contributed by atoms with Gasteiger partial charge in [-0.1, -0.05) is 6.92 Å². The van der Waals surface area contributed by atoms with Gasteiger partial charge in [0.15, 0.2) is 0 Å². The fourth-order valence-electron chi connectivity index (χ4n) is 4.31. The topological polar surface area (TPSA) is 109 Å². The van der Waals surface area contributed by atoms with Gasteiger partial charge in [-0.25, -0.2) is 14.8 Å². The van der Waals surface area contributed by atoms with E-state index in [4.69, 9.17) is 0 Å². The van der Waals surface area contributed by atoms with Gasteiger partial charge in [0.1, 0.15) is 11.2 Å². The molecule has 0 aliphatic carbocycles. The lowest BCUT2D eigenvalue weighted by molar-refractivity contribution is -0.126. The van der Waals surface area contributed by atoms with Crippen molar-refractivity contribution < 1.29 is 14.4 Å². The van der Waals surface area contributed by atoms with Crippen molar-refractivity contribution in [2.24, 2.45) is 5.92 Å². The lowest BCUT2D eigenvalue weighted by Crippen LogP contribution is -2.56. The number of imide groups is 1. The molecule has 0 saturated carbocycles. The van der Waals surface area contributed by atoms with E-state index in [0.29, 0.717) is 49.5 Å². The Kier molecular flexibility index (Phi) is 4.09. The van der Waals surface area contributed by atoms with Crippen LogP contribution in [-0.4, -0.2) is 55.7 Å². The first-order valence-corrected chi connectivity index (χ1v) is 9.19. The molecule has 4 amide bonds. The van der Waals surface area contributed by atoms with E-state index < -0.39 is 11.6 Å². The fraction of sp³-hybridized carbons (Fsp3) is 0.500. The quantitative estimate of drug-likeness (QED) is 0.780. The standard InChI is InChI=1S/C18H22N6O3/c1-3-18(15(26)21-17(27)22-18)12-5-9-23(10-6-12)14(25)13-11(2)20-16-19-7-4-8-24(13)16/h4,7-8,12H,3,5-6,9-10H2,1-2H3,(H2,21,22,26,27)/t18-/m1/s1. The molecule has 4 rings (SSSR count). The number of nitrogens with zero attached hydrogens (tertiary/aromatic N) is 4. The number of carbonyl (C=O) groups excluding carboxylic acids is 3. The van der Waals surface area contributed by atoms with Crippen LogP contribution in [0.25, 0.3) is 5.78 Å². The molecular weight excluding hydrogens is 348 g/mol. The van der Waals surface area contributed by atoms with Gasteiger partial charge in [-0.3, -0.25) is 19.3 Å². The molecule has 2 aliphatic heterocycles. The second-order valence-electron chi connectivity index (χ2n) is 7.14. The normalized spacial score (nSPS) is 23.6. The van der Waals surface area contributed by atoms with Gasteiger partial charge in [-0.2, -0.15) is 0 Å². The second kappa shape index (κ2) is 6.33. The van der Waals surface area contributed by atoms with Crippen LogP contribution in [0.3, 0.4) is 0 Å². The number of hydrogen-bond acceptors (Lipinski definition) is 5. The summed E-state index contributed by atoms with van der Waals surface area (Å²) >= 11 is 0. The number of rotatable bonds is 3. The molecule has 0 unspecified atom stereocenters. The molecule has 142 valence electrons. The minimum absolute atomic E-state index is 0.00273. The van der Waals surface area contributed by atoms with Crippen molar-refractivity contribution in [2.75, 3.05) is 13.1 Å². The monoisotopic (exact) mass is 370 g/mol. The number of piperidine rings is 1. The smallest absolute Gasteiger partial charge is 0.322 e. The highest BCUT2D eigenvalue weighted by molar-refractivity contribution is 6.07. The van der Waals surface area contributed by atoms with Crippen molar-refractivity contribution >= 4 is 23.6 Å². The number of amides is 4. The number of likely N-dealkylation sites (tertiary alicyclic amines) is 1. The van der Waals surface area contributed by atoms with E-state index in [0.717, 1.165) is 0 Å². The molecule has 1 atom stereocenters. The van der Waals surface area contributed by atoms with Gasteiger partial charge >= 0.3 is 6.03 Å². The lowest BCUT2D eigenvalue weighted by Gasteiger charge is -2.40. The first-order chi connectivity index (χ1) is 13.0. The third-order valence-corrected chi connectivity index (χ3v) is 5.79. The summed E-state index contributed by atoms with van der Waals surface area (Å²) in [6, 6.07) is 1.33. The van der Waals surface area contributed by atoms with Gasteiger partial charge in [0, 0.05) is 25.5 Å². The SMILES string of the molecule is CC[C@]1(C2CCN(C(=O)c3c(C)nc4ncccn34)CC2)NC(=O)NC1=O. The maximum Gasteiger partial charge on any atom is 0.322 e. The summed E-state index contributed by atoms with van der Waals surface area (Å²) in [4.78, 5) is 47.4. The molecule has 2 N–H and O–H groups in total. The molecule has 27 heavy (non-hydrogen) atoms. The largest absolute Gasteiger partial charge is 0.337 e. The number of hydrogen-bond donors (Lipinski definition) is 2. The van der Waals surface area contributed by atoms with Crippen LogP contribution >= 0.6 is 0 Å². The van der Waals surface area contributed by atoms with Crippen LogP contribution in [0.2, 0.25) is 0 Å². The zero-order valence-corrected chi connectivity index (χ0v) is 15.4. The van der Waals surface area contributed by atoms with E-state index >= 15 is 0 Å². The van der Waals surface area contributed by atoms with Gasteiger partial charge in [-0.05, 0) is 38.2 Å². The number of aryl methyl sites for hydroxylation is 1. The molecule has 0 bridgehead atoms. The zero-order chi connectivity index (χ0) is 19.2. The number of imidazole rings is 1. The number of urea groups is 1. The molecule has 0 radical (unpaired) electrons. The van der Waals surface area contributed by atoms with Crippen LogP contribution in [0.4, 0.5) is 4.79 Å². The second-order valence-corrected chi connectivity index (χ2v) is 7.14. The first-order valence-electron chi connectivity index (χ1n) is 9.19. The molecule has 2 saturated heterocycles. The molecule has 4 heterocycles. The fourth-order valence-corrected chi connectivity index (χ4v) is 4.31. The highest BCUT2D eigenvalue weighted by Crippen LogP contribution is 2.34. The van der Waals surface area contributed by atoms with Crippen molar-refractivity contribution in [2.45, 2.75) is 38.6 Å². The van der Waals surface area contributed by atoms with E-state index in [1.165, 1.54) is 0 Å². The third kappa shape index (κ3) is 2.65. The van der Waals surface area contributed by atoms with Crippen LogP contribution in [0.1, 0.15) is 42.4 Å². The van der Waals surface area contributed by atoms with Crippen LogP contribution in [0, 0.1) is 12.8 Å². The van der Waals surface area contributed by atoms with E-state index in [1.54, 1.807) is 34.7 Å². The molecule has 2 aromatic heterocycles. The summed E-state index contributed by atoms with van der Waals surface area (Å²) in [7, 11) is 0. The zero-order valence-electron chi connectivity index (χ0n) is 15.4. The Morgan fingerprint density at radius 2 is 2.07 bits per heavy atom. The van der Waals surface area contributed by atoms with Crippen LogP contribution < -0.4 is 10.6 Å². The van der Waals surface area contributed by atoms with Crippen molar-refractivity contribution in [1.29, 1.82) is 0 Å². The highest BCUT2D eigenvalue weighted by atomic mass is 16.2. The number of fused-ring (bicyclic) bond motifs is 1. The van der Waals surface area contributed by atoms with Crippen molar-refractivity contribution in [3.63, 3.8) is 0 Å². The van der Waals surface area contributed by atoms with Crippen LogP contribution in [0.15, 0.2) is 18.5 Å². The Hall–Kier alpha value is -2.97. The first kappa shape index (κ1) is 17.4. The number of carbonyl (C=O) groups is 3. The lowest BCUT2D eigenvalue weighted by atomic mass is 9.76. The number of aromatic nitrogens is 3. The Balaban J connectivity index is 1.52. The average molecular weight is 370 g/mol. The van der Waals surface area contributed by atoms with Crippen molar-refractivity contribution in [1.82, 2.24) is 29.9 Å². The average Bonchev–Trinajstić information content (AvgIpc) is 3.16. The van der Waals surface area contributed by atoms with Crippen LogP contribution in [-0.2, 0) is 4.79 Å². The molecule has 0 aromatic carbocycles. The maximum absolute atomic E-state index is 13.1. The Morgan fingerprint density at radius 3 is 2.70 bits per heavy atom. The molecule has 2 aromatic rings. The summed E-state index contributed by atoms with van der Waals surface area (Å²) in [5.41, 5.74) is 0.303. The minimum atomic E-state index is -0.866. The van der Waals surface area contributed by atoms with Gasteiger partial charge < -0.3 is 10.2 Å². The molecule has 9 nitrogen and oxygen atoms in total. The predicted molar refractivity (Wildman–Crippen MR) is 96.0 cm³/mol. The molecule has 2 fully saturated rings. The van der Waals surface area contributed by atoms with Gasteiger partial charge in [-0.15, -0.1) is 0 Å². The van der Waals surface area contributed by atoms with E-state index in [-0.39, 0.29) is 17.7 Å². The van der Waals surface area contributed by atoms with Gasteiger partial charge in [0.2, 0.25) is 5.78 Å². The summed E-state index contributed by atoms with van der Waals surface area (Å²) < 4.78 is 1.71. The van der Waals surface area contributed by atoms with Gasteiger partial charge in [0.05, 0.1) is 5.69 Å². The summed E-state index contributed by atoms with van der Waals surface area (Å²) in [5, 5.41) is 5.17. The van der Waals surface area contributed by atoms with E-state index in [9.17, 15) is 14.4 Å². The molecule has 9 heteroatoms. The van der Waals surface area contributed by atoms with E-state index in [1.807, 2.05) is 6.92 Å². The molecule has 2 aliphatic rings. The summed E-state index contributed by atoms with van der Waals surface area (Å²) in [5.74, 6) is 0.159. The Bertz CT molecular complexity index is 930. The maximum atomic E-state index is 13.1. The highest BCUT2D eigenvalue weighted by Gasteiger charge is 2.51. The summed E-state index contributed by atoms with van der Waals surface area (Å²) in [6.45, 7) is 4.76. The molecule has 0 spiro atoms. The Morgan fingerprint density at radius 1 is 1.33 bits per heavy atom. The predicted octanol–water partition coefficient (Wildman–Crippen LogP) is 0.878. The number of nitrogens with one attached hydrogen (secondary N) is 2. The van der Waals surface area contributed by atoms with E-state index in [2.05, 4.69) is 20.6 Å². The molecular formula is C18H22N6O3. The Labute approximate surface area is 156 Å². The van der Waals surface area contributed by atoms with Crippen molar-refractivity contribution in [3.8, 4) is 0 Å². The van der Waals surface area contributed by atoms with Crippen LogP contribution in [0.5, 0.6) is 0 Å². The minimum Gasteiger partial charge on any atom is -0.337 e. The van der Waals surface area contributed by atoms with Gasteiger partial charge in [0.25, 0.3) is 11.8 Å². The third-order valence-electron chi connectivity index (χ3n) is 5.79.